The molecule has 6 nitrogen and oxygen atoms in total. The Hall–Kier alpha value is -2.59. The van der Waals surface area contributed by atoms with Crippen LogP contribution in [0.4, 0.5) is 23.4 Å². The molecule has 0 bridgehead atoms. The molecule has 29 heavy (non-hydrogen) atoms. The first kappa shape index (κ1) is 21.1. The highest BCUT2D eigenvalue weighted by atomic mass is 35.5. The molecule has 2 heterocycles. The quantitative estimate of drug-likeness (QED) is 0.581. The highest BCUT2D eigenvalue weighted by Crippen LogP contribution is 2.35. The van der Waals surface area contributed by atoms with Gasteiger partial charge in [-0.05, 0) is 13.0 Å². The number of carbonyl (C=O) groups is 1. The van der Waals surface area contributed by atoms with Crippen LogP contribution in [0.3, 0.4) is 0 Å². The van der Waals surface area contributed by atoms with Crippen molar-refractivity contribution in [1.29, 1.82) is 0 Å². The molecule has 154 valence electrons. The van der Waals surface area contributed by atoms with Gasteiger partial charge in [0, 0.05) is 11.8 Å². The number of alkyl halides is 3. The topological polar surface area (TPSA) is 64.7 Å². The molecule has 0 fully saturated rings. The van der Waals surface area contributed by atoms with Crippen LogP contribution in [0.15, 0.2) is 30.5 Å². The van der Waals surface area contributed by atoms with Gasteiger partial charge in [-0.3, -0.25) is 14.2 Å². The molecule has 3 rings (SSSR count). The van der Waals surface area contributed by atoms with E-state index in [-0.39, 0.29) is 23.1 Å². The van der Waals surface area contributed by atoms with E-state index in [9.17, 15) is 22.4 Å². The summed E-state index contributed by atoms with van der Waals surface area (Å²) in [6.45, 7) is 0.858. The summed E-state index contributed by atoms with van der Waals surface area (Å²) in [6, 6.07) is 6.09. The first-order valence-electron chi connectivity index (χ1n) is 8.12. The number of hydrogen-bond acceptors (Lipinski definition) is 3. The summed E-state index contributed by atoms with van der Waals surface area (Å²) in [5.41, 5.74) is -0.909. The van der Waals surface area contributed by atoms with Crippen molar-refractivity contribution < 1.29 is 22.4 Å². The average molecular weight is 450 g/mol. The standard InChI is InChI=1S/C17H13Cl2F4N5O/c1-9-14(19)15(17(21,22)23)25-28(9)8-13(29)24-16-11(18)7-27(26-16)6-10-4-2-3-5-12(10)20/h2-5,7H,6,8H2,1H3,(H,24,26,29). The van der Waals surface area contributed by atoms with E-state index in [1.165, 1.54) is 23.9 Å². The summed E-state index contributed by atoms with van der Waals surface area (Å²) < 4.78 is 54.5. The van der Waals surface area contributed by atoms with Crippen molar-refractivity contribution in [3.8, 4) is 0 Å². The highest BCUT2D eigenvalue weighted by Gasteiger charge is 2.38. The molecule has 0 aliphatic carbocycles. The normalized spacial score (nSPS) is 11.7. The van der Waals surface area contributed by atoms with Crippen LogP contribution in [-0.2, 0) is 24.1 Å². The lowest BCUT2D eigenvalue weighted by atomic mass is 10.2. The molecule has 0 spiro atoms. The molecule has 2 aromatic heterocycles. The lowest BCUT2D eigenvalue weighted by Crippen LogP contribution is -2.21. The van der Waals surface area contributed by atoms with E-state index in [1.54, 1.807) is 18.2 Å². The predicted octanol–water partition coefficient (Wildman–Crippen LogP) is 4.54. The fourth-order valence-electron chi connectivity index (χ4n) is 2.53. The zero-order valence-corrected chi connectivity index (χ0v) is 16.3. The summed E-state index contributed by atoms with van der Waals surface area (Å²) in [4.78, 5) is 12.2. The fraction of sp³-hybridized carbons (Fsp3) is 0.235. The minimum Gasteiger partial charge on any atom is -0.306 e. The molecule has 3 aromatic rings. The van der Waals surface area contributed by atoms with E-state index in [0.717, 1.165) is 4.68 Å². The van der Waals surface area contributed by atoms with E-state index in [0.29, 0.717) is 5.56 Å². The number of halogens is 6. The van der Waals surface area contributed by atoms with Gasteiger partial charge in [-0.25, -0.2) is 4.39 Å². The molecular formula is C17H13Cl2F4N5O. The molecule has 1 aromatic carbocycles. The van der Waals surface area contributed by atoms with Crippen LogP contribution < -0.4 is 5.32 Å². The lowest BCUT2D eigenvalue weighted by molar-refractivity contribution is -0.141. The Morgan fingerprint density at radius 1 is 1.21 bits per heavy atom. The molecule has 0 aliphatic rings. The Balaban J connectivity index is 1.72. The number of anilines is 1. The number of amides is 1. The summed E-state index contributed by atoms with van der Waals surface area (Å²) in [7, 11) is 0. The van der Waals surface area contributed by atoms with E-state index in [4.69, 9.17) is 23.2 Å². The third kappa shape index (κ3) is 4.70. The van der Waals surface area contributed by atoms with E-state index < -0.39 is 35.2 Å². The monoisotopic (exact) mass is 449 g/mol. The van der Waals surface area contributed by atoms with Crippen LogP contribution in [0.25, 0.3) is 0 Å². The lowest BCUT2D eigenvalue weighted by Gasteiger charge is -2.06. The summed E-state index contributed by atoms with van der Waals surface area (Å²) in [5.74, 6) is -1.14. The van der Waals surface area contributed by atoms with E-state index >= 15 is 0 Å². The molecule has 0 saturated heterocycles. The van der Waals surface area contributed by atoms with Crippen LogP contribution in [0.1, 0.15) is 17.0 Å². The van der Waals surface area contributed by atoms with Gasteiger partial charge in [0.05, 0.1) is 17.3 Å². The molecule has 0 radical (unpaired) electrons. The number of aromatic nitrogens is 4. The summed E-state index contributed by atoms with van der Waals surface area (Å²) in [5, 5.41) is 9.32. The third-order valence-electron chi connectivity index (χ3n) is 3.96. The predicted molar refractivity (Wildman–Crippen MR) is 98.3 cm³/mol. The maximum absolute atomic E-state index is 13.7. The first-order valence-corrected chi connectivity index (χ1v) is 8.88. The SMILES string of the molecule is Cc1c(Cl)c(C(F)(F)F)nn1CC(=O)Nc1nn(Cc2ccccc2F)cc1Cl. The molecule has 0 unspecified atom stereocenters. The smallest absolute Gasteiger partial charge is 0.306 e. The van der Waals surface area contributed by atoms with Gasteiger partial charge in [-0.2, -0.15) is 23.4 Å². The van der Waals surface area contributed by atoms with Gasteiger partial charge < -0.3 is 5.32 Å². The van der Waals surface area contributed by atoms with E-state index in [1.807, 2.05) is 0 Å². The molecule has 0 atom stereocenters. The number of benzene rings is 1. The number of hydrogen-bond donors (Lipinski definition) is 1. The Bertz CT molecular complexity index is 1060. The second-order valence-corrected chi connectivity index (χ2v) is 6.85. The molecule has 0 aliphatic heterocycles. The van der Waals surface area contributed by atoms with Crippen molar-refractivity contribution in [3.63, 3.8) is 0 Å². The first-order chi connectivity index (χ1) is 13.6. The van der Waals surface area contributed by atoms with Crippen LogP contribution in [0, 0.1) is 12.7 Å². The maximum Gasteiger partial charge on any atom is 0.436 e. The van der Waals surface area contributed by atoms with Crippen LogP contribution in [0.2, 0.25) is 10.0 Å². The zero-order chi connectivity index (χ0) is 21.3. The van der Waals surface area contributed by atoms with Crippen LogP contribution in [0.5, 0.6) is 0 Å². The van der Waals surface area contributed by atoms with Crippen molar-refractivity contribution in [3.05, 3.63) is 63.3 Å². The minimum atomic E-state index is -4.74. The molecule has 0 saturated carbocycles. The van der Waals surface area contributed by atoms with Gasteiger partial charge in [-0.15, -0.1) is 0 Å². The third-order valence-corrected chi connectivity index (χ3v) is 4.69. The van der Waals surface area contributed by atoms with Crippen molar-refractivity contribution in [2.24, 2.45) is 0 Å². The van der Waals surface area contributed by atoms with Crippen molar-refractivity contribution in [2.45, 2.75) is 26.2 Å². The molecule has 1 N–H and O–H groups in total. The summed E-state index contributed by atoms with van der Waals surface area (Å²) in [6.07, 6.45) is -3.35. The Morgan fingerprint density at radius 2 is 1.90 bits per heavy atom. The van der Waals surface area contributed by atoms with Gasteiger partial charge in [-0.1, -0.05) is 41.4 Å². The zero-order valence-electron chi connectivity index (χ0n) is 14.8. The number of nitrogens with one attached hydrogen (secondary N) is 1. The highest BCUT2D eigenvalue weighted by molar-refractivity contribution is 6.33. The van der Waals surface area contributed by atoms with Gasteiger partial charge >= 0.3 is 6.18 Å². The number of nitrogens with zero attached hydrogens (tertiary/aromatic N) is 4. The minimum absolute atomic E-state index is 0.00896. The second-order valence-electron chi connectivity index (χ2n) is 6.07. The van der Waals surface area contributed by atoms with Gasteiger partial charge in [0.15, 0.2) is 11.5 Å². The number of carbonyl (C=O) groups excluding carboxylic acids is 1. The Labute approximate surface area is 172 Å². The van der Waals surface area contributed by atoms with Gasteiger partial charge in [0.2, 0.25) is 5.91 Å². The van der Waals surface area contributed by atoms with Crippen molar-refractivity contribution in [2.75, 3.05) is 5.32 Å². The molecule has 1 amide bonds. The average Bonchev–Trinajstić information content (AvgIpc) is 3.10. The Kier molecular flexibility index (Phi) is 5.85. The molecule has 12 heteroatoms. The van der Waals surface area contributed by atoms with Crippen LogP contribution >= 0.6 is 23.2 Å². The number of rotatable bonds is 5. The Morgan fingerprint density at radius 3 is 2.52 bits per heavy atom. The van der Waals surface area contributed by atoms with Gasteiger partial charge in [0.25, 0.3) is 0 Å². The fourth-order valence-corrected chi connectivity index (χ4v) is 2.97. The maximum atomic E-state index is 13.7. The van der Waals surface area contributed by atoms with E-state index in [2.05, 4.69) is 15.5 Å². The second kappa shape index (κ2) is 8.03. The van der Waals surface area contributed by atoms with Crippen molar-refractivity contribution in [1.82, 2.24) is 19.6 Å². The van der Waals surface area contributed by atoms with Crippen LogP contribution in [-0.4, -0.2) is 25.5 Å². The summed E-state index contributed by atoms with van der Waals surface area (Å²) >= 11 is 11.7. The largest absolute Gasteiger partial charge is 0.436 e. The van der Waals surface area contributed by atoms with Gasteiger partial charge in [0.1, 0.15) is 17.4 Å². The van der Waals surface area contributed by atoms with Crippen molar-refractivity contribution >= 4 is 34.9 Å². The molecular weight excluding hydrogens is 437 g/mol.